The lowest BCUT2D eigenvalue weighted by Crippen LogP contribution is -2.50. The number of amides is 1. The van der Waals surface area contributed by atoms with E-state index in [0.717, 1.165) is 47.3 Å². The van der Waals surface area contributed by atoms with Gasteiger partial charge in [0, 0.05) is 31.2 Å². The van der Waals surface area contributed by atoms with Gasteiger partial charge in [0.15, 0.2) is 4.34 Å². The molecule has 4 nitrogen and oxygen atoms in total. The normalized spacial score (nSPS) is 17.6. The molecule has 23 heavy (non-hydrogen) atoms. The van der Waals surface area contributed by atoms with Crippen LogP contribution in [0.15, 0.2) is 22.5 Å². The molecule has 7 heteroatoms. The predicted molar refractivity (Wildman–Crippen MR) is 98.6 cm³/mol. The molecule has 0 radical (unpaired) electrons. The van der Waals surface area contributed by atoms with Gasteiger partial charge < -0.3 is 9.80 Å². The highest BCUT2D eigenvalue weighted by atomic mass is 35.5. The number of benzene rings is 1. The van der Waals surface area contributed by atoms with Gasteiger partial charge >= 0.3 is 0 Å². The van der Waals surface area contributed by atoms with E-state index in [1.54, 1.807) is 23.1 Å². The van der Waals surface area contributed by atoms with Crippen LogP contribution in [0.1, 0.15) is 13.8 Å². The lowest BCUT2D eigenvalue weighted by molar-refractivity contribution is -0.132. The summed E-state index contributed by atoms with van der Waals surface area (Å²) in [5.41, 5.74) is 0.904. The second kappa shape index (κ2) is 7.38. The first-order valence-corrected chi connectivity index (χ1v) is 9.88. The van der Waals surface area contributed by atoms with Crippen molar-refractivity contribution in [3.63, 3.8) is 0 Å². The molecule has 3 rings (SSSR count). The van der Waals surface area contributed by atoms with E-state index in [2.05, 4.69) is 16.8 Å². The lowest BCUT2D eigenvalue weighted by atomic mass is 10.3. The summed E-state index contributed by atoms with van der Waals surface area (Å²) < 4.78 is 2.03. The standard InChI is InChI=1S/C16H20ClN3OS2/c1-3-19-6-8-20(9-7-19)15(21)11(2)22-16-18-13-10-12(17)4-5-14(13)23-16/h4-5,10-11H,3,6-9H2,1-2H3. The summed E-state index contributed by atoms with van der Waals surface area (Å²) in [6.45, 7) is 8.78. The number of halogens is 1. The Kier molecular flexibility index (Phi) is 5.46. The van der Waals surface area contributed by atoms with Gasteiger partial charge in [0.2, 0.25) is 5.91 Å². The summed E-state index contributed by atoms with van der Waals surface area (Å²) in [6, 6.07) is 5.72. The molecular weight excluding hydrogens is 350 g/mol. The minimum absolute atomic E-state index is 0.112. The smallest absolute Gasteiger partial charge is 0.235 e. The Morgan fingerprint density at radius 2 is 2.13 bits per heavy atom. The molecule has 0 saturated carbocycles. The van der Waals surface area contributed by atoms with E-state index in [0.29, 0.717) is 5.02 Å². The number of likely N-dealkylation sites (N-methyl/N-ethyl adjacent to an activating group) is 1. The highest BCUT2D eigenvalue weighted by molar-refractivity contribution is 8.02. The van der Waals surface area contributed by atoms with E-state index in [-0.39, 0.29) is 11.2 Å². The van der Waals surface area contributed by atoms with Crippen molar-refractivity contribution in [2.24, 2.45) is 0 Å². The summed E-state index contributed by atoms with van der Waals surface area (Å²) in [7, 11) is 0. The number of hydrogen-bond donors (Lipinski definition) is 0. The number of thioether (sulfide) groups is 1. The van der Waals surface area contributed by atoms with E-state index < -0.39 is 0 Å². The zero-order chi connectivity index (χ0) is 16.4. The van der Waals surface area contributed by atoms with Gasteiger partial charge in [0.05, 0.1) is 15.5 Å². The largest absolute Gasteiger partial charge is 0.339 e. The van der Waals surface area contributed by atoms with Crippen LogP contribution in [0.4, 0.5) is 0 Å². The zero-order valence-corrected chi connectivity index (χ0v) is 15.7. The van der Waals surface area contributed by atoms with Crippen LogP contribution in [0, 0.1) is 0 Å². The third-order valence-corrected chi connectivity index (χ3v) is 6.54. The molecule has 0 aliphatic carbocycles. The van der Waals surface area contributed by atoms with Crippen LogP contribution in [-0.2, 0) is 4.79 Å². The molecule has 1 fully saturated rings. The second-order valence-corrected chi connectivity index (χ2v) is 8.67. The van der Waals surface area contributed by atoms with E-state index >= 15 is 0 Å². The molecule has 124 valence electrons. The molecule has 1 saturated heterocycles. The third-order valence-electron chi connectivity index (χ3n) is 4.09. The van der Waals surface area contributed by atoms with Crippen LogP contribution in [-0.4, -0.2) is 58.7 Å². The van der Waals surface area contributed by atoms with E-state index in [9.17, 15) is 4.79 Å². The maximum Gasteiger partial charge on any atom is 0.235 e. The van der Waals surface area contributed by atoms with Crippen LogP contribution in [0.25, 0.3) is 10.2 Å². The fraction of sp³-hybridized carbons (Fsp3) is 0.500. The number of hydrogen-bond acceptors (Lipinski definition) is 5. The first-order valence-electron chi connectivity index (χ1n) is 7.80. The van der Waals surface area contributed by atoms with Crippen molar-refractivity contribution in [3.8, 4) is 0 Å². The van der Waals surface area contributed by atoms with Gasteiger partial charge in [-0.25, -0.2) is 4.98 Å². The SMILES string of the molecule is CCN1CCN(C(=O)C(C)Sc2nc3cc(Cl)ccc3s2)CC1. The van der Waals surface area contributed by atoms with Crippen LogP contribution >= 0.6 is 34.7 Å². The quantitative estimate of drug-likeness (QED) is 0.771. The third kappa shape index (κ3) is 3.99. The van der Waals surface area contributed by atoms with Gasteiger partial charge in [-0.3, -0.25) is 4.79 Å². The molecule has 1 atom stereocenters. The zero-order valence-electron chi connectivity index (χ0n) is 13.3. The van der Waals surface area contributed by atoms with E-state index in [1.807, 2.05) is 30.0 Å². The summed E-state index contributed by atoms with van der Waals surface area (Å²) in [4.78, 5) is 21.5. The average Bonchev–Trinajstić information content (AvgIpc) is 2.95. The molecule has 1 amide bonds. The van der Waals surface area contributed by atoms with Crippen molar-refractivity contribution in [2.75, 3.05) is 32.7 Å². The highest BCUT2D eigenvalue weighted by Crippen LogP contribution is 2.33. The molecule has 2 heterocycles. The number of nitrogens with zero attached hydrogens (tertiary/aromatic N) is 3. The molecular formula is C16H20ClN3OS2. The van der Waals surface area contributed by atoms with Gasteiger partial charge in [0.25, 0.3) is 0 Å². The molecule has 1 aliphatic heterocycles. The number of fused-ring (bicyclic) bond motifs is 1. The Morgan fingerprint density at radius 3 is 2.83 bits per heavy atom. The van der Waals surface area contributed by atoms with Crippen LogP contribution in [0.5, 0.6) is 0 Å². The molecule has 0 bridgehead atoms. The number of carbonyl (C=O) groups is 1. The Morgan fingerprint density at radius 1 is 1.39 bits per heavy atom. The monoisotopic (exact) mass is 369 g/mol. The van der Waals surface area contributed by atoms with Crippen molar-refractivity contribution in [1.29, 1.82) is 0 Å². The van der Waals surface area contributed by atoms with Crippen molar-refractivity contribution in [1.82, 2.24) is 14.8 Å². The number of rotatable bonds is 4. The summed E-state index contributed by atoms with van der Waals surface area (Å²) in [6.07, 6.45) is 0. The van der Waals surface area contributed by atoms with Crippen LogP contribution in [0.3, 0.4) is 0 Å². The Labute approximate surface area is 149 Å². The number of thiazole rings is 1. The molecule has 0 N–H and O–H groups in total. The Bertz CT molecular complexity index is 698. The minimum Gasteiger partial charge on any atom is -0.339 e. The molecule has 1 aromatic carbocycles. The lowest BCUT2D eigenvalue weighted by Gasteiger charge is -2.35. The van der Waals surface area contributed by atoms with Gasteiger partial charge in [0.1, 0.15) is 0 Å². The van der Waals surface area contributed by atoms with Crippen LogP contribution < -0.4 is 0 Å². The van der Waals surface area contributed by atoms with Crippen molar-refractivity contribution in [2.45, 2.75) is 23.4 Å². The Balaban J connectivity index is 1.63. The number of carbonyl (C=O) groups excluding carboxylic acids is 1. The van der Waals surface area contributed by atoms with Gasteiger partial charge in [-0.2, -0.15) is 0 Å². The average molecular weight is 370 g/mol. The fourth-order valence-corrected chi connectivity index (χ4v) is 5.11. The van der Waals surface area contributed by atoms with Gasteiger partial charge in [-0.1, -0.05) is 30.3 Å². The first kappa shape index (κ1) is 17.0. The van der Waals surface area contributed by atoms with Crippen LogP contribution in [0.2, 0.25) is 5.02 Å². The molecule has 1 aromatic heterocycles. The molecule has 2 aromatic rings. The van der Waals surface area contributed by atoms with Gasteiger partial charge in [-0.05, 0) is 31.7 Å². The number of aromatic nitrogens is 1. The Hall–Kier alpha value is -0.820. The van der Waals surface area contributed by atoms with Crippen molar-refractivity contribution in [3.05, 3.63) is 23.2 Å². The summed E-state index contributed by atoms with van der Waals surface area (Å²) >= 11 is 9.16. The maximum atomic E-state index is 12.6. The first-order chi connectivity index (χ1) is 11.1. The molecule has 1 aliphatic rings. The summed E-state index contributed by atoms with van der Waals surface area (Å²) in [5, 5.41) is 0.580. The van der Waals surface area contributed by atoms with Crippen molar-refractivity contribution >= 4 is 50.8 Å². The molecule has 0 spiro atoms. The van der Waals surface area contributed by atoms with Crippen molar-refractivity contribution < 1.29 is 4.79 Å². The number of piperazine rings is 1. The fourth-order valence-electron chi connectivity index (χ4n) is 2.67. The topological polar surface area (TPSA) is 36.4 Å². The summed E-state index contributed by atoms with van der Waals surface area (Å²) in [5.74, 6) is 0.211. The second-order valence-electron chi connectivity index (χ2n) is 5.61. The highest BCUT2D eigenvalue weighted by Gasteiger charge is 2.25. The minimum atomic E-state index is -0.112. The molecule has 1 unspecified atom stereocenters. The van der Waals surface area contributed by atoms with E-state index in [4.69, 9.17) is 11.6 Å². The predicted octanol–water partition coefficient (Wildman–Crippen LogP) is 3.59. The van der Waals surface area contributed by atoms with E-state index in [1.165, 1.54) is 0 Å². The van der Waals surface area contributed by atoms with Gasteiger partial charge in [-0.15, -0.1) is 11.3 Å². The maximum absolute atomic E-state index is 12.6.